The number of likely N-dealkylation sites (N-methyl/N-ethyl adjacent to an activating group) is 1. The molecule has 0 radical (unpaired) electrons. The average Bonchev–Trinajstić information content (AvgIpc) is 3.05. The smallest absolute Gasteiger partial charge is 0.412 e. The van der Waals surface area contributed by atoms with E-state index in [1.807, 2.05) is 11.9 Å². The number of methoxy groups -OCH3 is 1. The number of ketones is 1. The van der Waals surface area contributed by atoms with Crippen LogP contribution in [0.2, 0.25) is 0 Å². The van der Waals surface area contributed by atoms with Gasteiger partial charge in [-0.15, -0.1) is 0 Å². The predicted molar refractivity (Wildman–Crippen MR) is 92.2 cm³/mol. The number of fused-ring (bicyclic) bond motifs is 2. The Kier molecular flexibility index (Phi) is 3.78. The lowest BCUT2D eigenvalue weighted by molar-refractivity contribution is -0.111. The predicted octanol–water partition coefficient (Wildman–Crippen LogP) is 2.48. The molecule has 1 atom stereocenters. The van der Waals surface area contributed by atoms with E-state index in [4.69, 9.17) is 9.47 Å². The van der Waals surface area contributed by atoms with Gasteiger partial charge in [0, 0.05) is 25.7 Å². The van der Waals surface area contributed by atoms with Gasteiger partial charge >= 0.3 is 12.1 Å². The molecule has 1 aliphatic heterocycles. The van der Waals surface area contributed by atoms with E-state index in [1.165, 1.54) is 7.11 Å². The summed E-state index contributed by atoms with van der Waals surface area (Å²) in [7, 11) is 3.16. The first-order chi connectivity index (χ1) is 11.6. The van der Waals surface area contributed by atoms with E-state index in [-0.39, 0.29) is 17.0 Å². The molecular formula is C18H22N2O5. The maximum Gasteiger partial charge on any atom is 0.412 e. The van der Waals surface area contributed by atoms with E-state index in [0.717, 1.165) is 11.3 Å². The first-order valence-electron chi connectivity index (χ1n) is 8.09. The van der Waals surface area contributed by atoms with E-state index in [2.05, 4.69) is 5.32 Å². The van der Waals surface area contributed by atoms with Crippen LogP contribution in [0.25, 0.3) is 0 Å². The molecule has 0 saturated heterocycles. The average molecular weight is 346 g/mol. The molecule has 0 bridgehead atoms. The SMILES string of the molecule is COC(=O)c1cc2c(cc1NC(=O)OC(C)(C)C)C1(CC1=O)CN2C. The number of hydrogen-bond donors (Lipinski definition) is 1. The molecule has 1 unspecified atom stereocenters. The van der Waals surface area contributed by atoms with Crippen LogP contribution in [0, 0.1) is 0 Å². The molecule has 7 heteroatoms. The fourth-order valence-electron chi connectivity index (χ4n) is 3.28. The van der Waals surface area contributed by atoms with E-state index < -0.39 is 23.1 Å². The number of anilines is 2. The fourth-order valence-corrected chi connectivity index (χ4v) is 3.28. The maximum atomic E-state index is 12.1. The molecule has 1 N–H and O–H groups in total. The second kappa shape index (κ2) is 5.47. The molecule has 1 aromatic carbocycles. The highest BCUT2D eigenvalue weighted by Gasteiger charge is 2.60. The molecule has 1 spiro atoms. The fraction of sp³-hybridized carbons (Fsp3) is 0.500. The van der Waals surface area contributed by atoms with Gasteiger partial charge in [-0.3, -0.25) is 10.1 Å². The van der Waals surface area contributed by atoms with Crippen molar-refractivity contribution in [2.75, 3.05) is 30.9 Å². The number of ether oxygens (including phenoxy) is 2. The van der Waals surface area contributed by atoms with Crippen molar-refractivity contribution in [3.8, 4) is 0 Å². The van der Waals surface area contributed by atoms with Crippen molar-refractivity contribution in [3.05, 3.63) is 23.3 Å². The molecule has 1 fully saturated rings. The number of Topliss-reactive ketones (excluding diaryl/α,β-unsaturated/α-hetero) is 1. The van der Waals surface area contributed by atoms with Gasteiger partial charge in [-0.1, -0.05) is 0 Å². The summed E-state index contributed by atoms with van der Waals surface area (Å²) >= 11 is 0. The number of amides is 1. The van der Waals surface area contributed by atoms with Crippen LogP contribution < -0.4 is 10.2 Å². The molecule has 134 valence electrons. The summed E-state index contributed by atoms with van der Waals surface area (Å²) in [4.78, 5) is 38.2. The first-order valence-corrected chi connectivity index (χ1v) is 8.09. The Morgan fingerprint density at radius 3 is 2.44 bits per heavy atom. The highest BCUT2D eigenvalue weighted by Crippen LogP contribution is 2.54. The molecular weight excluding hydrogens is 324 g/mol. The van der Waals surface area contributed by atoms with E-state index in [0.29, 0.717) is 13.0 Å². The van der Waals surface area contributed by atoms with Crippen LogP contribution in [0.15, 0.2) is 12.1 Å². The monoisotopic (exact) mass is 346 g/mol. The summed E-state index contributed by atoms with van der Waals surface area (Å²) in [5.41, 5.74) is 0.974. The zero-order valence-corrected chi connectivity index (χ0v) is 15.1. The van der Waals surface area contributed by atoms with Crippen molar-refractivity contribution in [2.45, 2.75) is 38.2 Å². The van der Waals surface area contributed by atoms with Crippen LogP contribution in [-0.2, 0) is 19.7 Å². The maximum absolute atomic E-state index is 12.1. The Morgan fingerprint density at radius 2 is 1.92 bits per heavy atom. The molecule has 0 aromatic heterocycles. The molecule has 1 heterocycles. The first kappa shape index (κ1) is 17.3. The molecule has 7 nitrogen and oxygen atoms in total. The largest absolute Gasteiger partial charge is 0.465 e. The van der Waals surface area contributed by atoms with Crippen LogP contribution >= 0.6 is 0 Å². The second-order valence-electron chi connectivity index (χ2n) is 7.57. The topological polar surface area (TPSA) is 84.9 Å². The minimum Gasteiger partial charge on any atom is -0.465 e. The second-order valence-corrected chi connectivity index (χ2v) is 7.57. The minimum absolute atomic E-state index is 0.173. The summed E-state index contributed by atoms with van der Waals surface area (Å²) in [5.74, 6) is -0.391. The number of carbonyl (C=O) groups is 3. The van der Waals surface area contributed by atoms with Crippen LogP contribution in [0.3, 0.4) is 0 Å². The summed E-state index contributed by atoms with van der Waals surface area (Å²) < 4.78 is 10.1. The molecule has 1 amide bonds. The van der Waals surface area contributed by atoms with E-state index in [1.54, 1.807) is 32.9 Å². The molecule has 2 aliphatic rings. The summed E-state index contributed by atoms with van der Waals surface area (Å²) in [6, 6.07) is 3.36. The van der Waals surface area contributed by atoms with Gasteiger partial charge in [0.05, 0.1) is 23.8 Å². The third-order valence-electron chi connectivity index (χ3n) is 4.48. The lowest BCUT2D eigenvalue weighted by Crippen LogP contribution is -2.28. The number of nitrogens with zero attached hydrogens (tertiary/aromatic N) is 1. The Labute approximate surface area is 146 Å². The molecule has 3 rings (SSSR count). The number of hydrogen-bond acceptors (Lipinski definition) is 6. The summed E-state index contributed by atoms with van der Waals surface area (Å²) in [6.45, 7) is 5.84. The Morgan fingerprint density at radius 1 is 1.28 bits per heavy atom. The van der Waals surface area contributed by atoms with Gasteiger partial charge in [0.15, 0.2) is 0 Å². The minimum atomic E-state index is -0.667. The van der Waals surface area contributed by atoms with Gasteiger partial charge in [-0.05, 0) is 38.5 Å². The van der Waals surface area contributed by atoms with Gasteiger partial charge in [-0.25, -0.2) is 9.59 Å². The van der Waals surface area contributed by atoms with Crippen LogP contribution in [0.4, 0.5) is 16.2 Å². The van der Waals surface area contributed by atoms with Crippen molar-refractivity contribution in [1.82, 2.24) is 0 Å². The Balaban J connectivity index is 2.02. The van der Waals surface area contributed by atoms with Crippen LogP contribution in [0.5, 0.6) is 0 Å². The third kappa shape index (κ3) is 2.94. The van der Waals surface area contributed by atoms with Crippen molar-refractivity contribution < 1.29 is 23.9 Å². The van der Waals surface area contributed by atoms with Gasteiger partial charge in [0.2, 0.25) is 0 Å². The van der Waals surface area contributed by atoms with Gasteiger partial charge in [0.1, 0.15) is 11.4 Å². The van der Waals surface area contributed by atoms with Crippen LogP contribution in [0.1, 0.15) is 43.1 Å². The normalized spacial score (nSPS) is 21.2. The van der Waals surface area contributed by atoms with Gasteiger partial charge < -0.3 is 14.4 Å². The summed E-state index contributed by atoms with van der Waals surface area (Å²) in [5, 5.41) is 2.62. The van der Waals surface area contributed by atoms with Crippen molar-refractivity contribution in [3.63, 3.8) is 0 Å². The summed E-state index contributed by atoms with van der Waals surface area (Å²) in [6.07, 6.45) is -0.187. The quantitative estimate of drug-likeness (QED) is 0.828. The Hall–Kier alpha value is -2.57. The molecule has 1 aliphatic carbocycles. The number of nitrogens with one attached hydrogen (secondary N) is 1. The van der Waals surface area contributed by atoms with E-state index in [9.17, 15) is 14.4 Å². The lowest BCUT2D eigenvalue weighted by atomic mass is 9.96. The zero-order chi connectivity index (χ0) is 18.6. The van der Waals surface area contributed by atoms with Crippen molar-refractivity contribution in [1.29, 1.82) is 0 Å². The molecule has 1 saturated carbocycles. The highest BCUT2D eigenvalue weighted by molar-refractivity contribution is 6.11. The van der Waals surface area contributed by atoms with Crippen molar-refractivity contribution in [2.24, 2.45) is 0 Å². The number of benzene rings is 1. The number of carbonyl (C=O) groups excluding carboxylic acids is 3. The molecule has 25 heavy (non-hydrogen) atoms. The number of esters is 1. The van der Waals surface area contributed by atoms with E-state index >= 15 is 0 Å². The highest BCUT2D eigenvalue weighted by atomic mass is 16.6. The standard InChI is InChI=1S/C18H22N2O5/c1-17(2,3)25-16(23)19-12-7-11-13(6-10(12)15(22)24-5)20(4)9-18(11)8-14(18)21/h6-7H,8-9H2,1-5H3,(H,19,23). The van der Waals surface area contributed by atoms with Gasteiger partial charge in [-0.2, -0.15) is 0 Å². The lowest BCUT2D eigenvalue weighted by Gasteiger charge is -2.21. The third-order valence-corrected chi connectivity index (χ3v) is 4.48. The molecule has 1 aromatic rings. The van der Waals surface area contributed by atoms with Gasteiger partial charge in [0.25, 0.3) is 0 Å². The Bertz CT molecular complexity index is 780. The number of rotatable bonds is 2. The zero-order valence-electron chi connectivity index (χ0n) is 15.1. The van der Waals surface area contributed by atoms with Crippen molar-refractivity contribution >= 4 is 29.2 Å². The van der Waals surface area contributed by atoms with Crippen LogP contribution in [-0.4, -0.2) is 44.1 Å².